The van der Waals surface area contributed by atoms with Gasteiger partial charge in [0.2, 0.25) is 5.91 Å². The number of amides is 1. The fourth-order valence-corrected chi connectivity index (χ4v) is 5.85. The summed E-state index contributed by atoms with van der Waals surface area (Å²) >= 11 is 0. The topological polar surface area (TPSA) is 390 Å². The molecule has 0 aromatic heterocycles. The normalized spacial score (nSPS) is 16.8. The first kappa shape index (κ1) is 49.7. The van der Waals surface area contributed by atoms with E-state index in [0.717, 1.165) is 0 Å². The number of phosphoric ester groups is 1. The van der Waals surface area contributed by atoms with Crippen LogP contribution in [-0.4, -0.2) is 103 Å². The fourth-order valence-electron chi connectivity index (χ4n) is 2.92. The second kappa shape index (κ2) is 24.4. The van der Waals surface area contributed by atoms with Gasteiger partial charge in [0.05, 0.1) is 26.4 Å². The Hall–Kier alpha value is -1.71. The minimum Gasteiger partial charge on any atom is -0.776 e. The summed E-state index contributed by atoms with van der Waals surface area (Å²) in [6, 6.07) is 0. The van der Waals surface area contributed by atoms with Crippen LogP contribution < -0.4 is 32.3 Å². The van der Waals surface area contributed by atoms with E-state index in [1.807, 2.05) is 0 Å². The Kier molecular flexibility index (Phi) is 25.8. The lowest BCUT2D eigenvalue weighted by Crippen LogP contribution is -2.38. The Bertz CT molecular complexity index is 1080. The van der Waals surface area contributed by atoms with Crippen molar-refractivity contribution in [2.75, 3.05) is 52.8 Å². The van der Waals surface area contributed by atoms with E-state index in [0.29, 0.717) is 0 Å². The number of nitrogens with one attached hydrogen (secondary N) is 1. The van der Waals surface area contributed by atoms with Gasteiger partial charge in [0.15, 0.2) is 32.2 Å². The lowest BCUT2D eigenvalue weighted by Gasteiger charge is -2.42. The molecule has 0 spiro atoms. The molecule has 280 valence electrons. The third-order valence-corrected chi connectivity index (χ3v) is 10.1. The maximum Gasteiger partial charge on any atom is 0.305 e. The van der Waals surface area contributed by atoms with Crippen molar-refractivity contribution in [2.24, 2.45) is 0 Å². The number of aliphatic hydroxyl groups is 1. The van der Waals surface area contributed by atoms with E-state index < -0.39 is 97.1 Å². The standard InChI is InChI=1S/C22H42NO19P3.2H3N/c1-3-20(26)39-14-18(42-21(27)4-2)15-41-45(35,36)40-10-5-7-17(24)13-37-11-12-38-16-19(25)23-9-6-8-22(28,43(29,30)31)44(32,33)34;;/h18,28H,3-16H2,1-2H3,(H,23,25)(H,35,36)(H2,29,30,31)(H2,32,33,34);2*1H3/p-1. The second-order valence-corrected chi connectivity index (χ2v) is 14.4. The van der Waals surface area contributed by atoms with Crippen molar-refractivity contribution in [2.45, 2.75) is 63.6 Å². The number of rotatable bonds is 26. The van der Waals surface area contributed by atoms with Crippen LogP contribution in [0.25, 0.3) is 0 Å². The molecule has 0 aromatic rings. The maximum absolute atomic E-state index is 11.9. The van der Waals surface area contributed by atoms with E-state index in [4.69, 9.17) is 28.7 Å². The number of Topliss-reactive ketones (excluding diaryl/α,β-unsaturated/α-hetero) is 1. The lowest BCUT2D eigenvalue weighted by molar-refractivity contribution is -0.229. The molecular formula is C22H47N3O19P3-. The average molecular weight is 751 g/mol. The molecule has 0 aliphatic heterocycles. The van der Waals surface area contributed by atoms with Crippen molar-refractivity contribution in [3.8, 4) is 0 Å². The van der Waals surface area contributed by atoms with E-state index >= 15 is 0 Å². The van der Waals surface area contributed by atoms with Crippen LogP contribution in [0.5, 0.6) is 0 Å². The average Bonchev–Trinajstić information content (AvgIpc) is 2.94. The van der Waals surface area contributed by atoms with Crippen LogP contribution in [0.2, 0.25) is 0 Å². The van der Waals surface area contributed by atoms with Crippen molar-refractivity contribution in [3.63, 3.8) is 0 Å². The minimum atomic E-state index is -5.89. The van der Waals surface area contributed by atoms with Crippen LogP contribution >= 0.6 is 23.0 Å². The van der Waals surface area contributed by atoms with Crippen LogP contribution in [0, 0.1) is 0 Å². The number of esters is 2. The summed E-state index contributed by atoms with van der Waals surface area (Å²) in [6.45, 7) is 0.169. The number of phosphoric acid groups is 1. The van der Waals surface area contributed by atoms with E-state index in [1.54, 1.807) is 6.92 Å². The Labute approximate surface area is 271 Å². The summed E-state index contributed by atoms with van der Waals surface area (Å²) in [5.74, 6) is -2.37. The third kappa shape index (κ3) is 21.8. The van der Waals surface area contributed by atoms with Crippen molar-refractivity contribution < 1.29 is 90.4 Å². The third-order valence-electron chi connectivity index (χ3n) is 5.36. The molecular weight excluding hydrogens is 703 g/mol. The van der Waals surface area contributed by atoms with Crippen LogP contribution in [0.1, 0.15) is 52.4 Å². The summed E-state index contributed by atoms with van der Waals surface area (Å²) in [5.41, 5.74) is 0. The van der Waals surface area contributed by atoms with E-state index in [-0.39, 0.29) is 64.3 Å². The number of hydrogen-bond donors (Lipinski definition) is 6. The minimum absolute atomic E-state index is 0. The van der Waals surface area contributed by atoms with Crippen LogP contribution in [0.15, 0.2) is 0 Å². The summed E-state index contributed by atoms with van der Waals surface area (Å²) in [6.07, 6.45) is -2.81. The zero-order valence-electron chi connectivity index (χ0n) is 26.7. The largest absolute Gasteiger partial charge is 0.776 e. The molecule has 12 N–H and O–H groups in total. The number of hydrogen-bond acceptors (Lipinski definition) is 17. The van der Waals surface area contributed by atoms with Gasteiger partial charge in [-0.1, -0.05) is 13.8 Å². The SMILES string of the molecule is CCC(=O)OCC(COP(=O)([O-])OCCCC(=O)COCCOCC(=O)NCCCC(O)(P(=O)([O-])O)P(=O)([O-])O)OC(=O)CC.[NH4+].[NH4+]. The van der Waals surface area contributed by atoms with Gasteiger partial charge < -0.3 is 84.3 Å². The van der Waals surface area contributed by atoms with Crippen LogP contribution in [-0.2, 0) is 60.9 Å². The summed E-state index contributed by atoms with van der Waals surface area (Å²) in [4.78, 5) is 98.3. The van der Waals surface area contributed by atoms with Crippen LogP contribution in [0.4, 0.5) is 0 Å². The first-order valence-corrected chi connectivity index (χ1v) is 18.1. The zero-order valence-corrected chi connectivity index (χ0v) is 29.4. The Morgan fingerprint density at radius 2 is 1.36 bits per heavy atom. The summed E-state index contributed by atoms with van der Waals surface area (Å²) in [7, 11) is -16.6. The second-order valence-electron chi connectivity index (χ2n) is 9.09. The monoisotopic (exact) mass is 750 g/mol. The van der Waals surface area contributed by atoms with Gasteiger partial charge in [-0.15, -0.1) is 0 Å². The predicted molar refractivity (Wildman–Crippen MR) is 156 cm³/mol. The molecule has 0 aliphatic carbocycles. The molecule has 0 saturated carbocycles. The summed E-state index contributed by atoms with van der Waals surface area (Å²) < 4.78 is 63.4. The van der Waals surface area contributed by atoms with Crippen molar-refractivity contribution in [1.29, 1.82) is 0 Å². The molecule has 0 radical (unpaired) electrons. The van der Waals surface area contributed by atoms with E-state index in [1.165, 1.54) is 6.92 Å². The molecule has 0 aromatic carbocycles. The van der Waals surface area contributed by atoms with E-state index in [2.05, 4.69) is 14.4 Å². The zero-order chi connectivity index (χ0) is 34.7. The van der Waals surface area contributed by atoms with Gasteiger partial charge in [-0.05, 0) is 19.3 Å². The van der Waals surface area contributed by atoms with Crippen molar-refractivity contribution in [1.82, 2.24) is 17.6 Å². The molecule has 0 fully saturated rings. The first-order valence-electron chi connectivity index (χ1n) is 13.5. The molecule has 25 heteroatoms. The number of quaternary nitrogens is 2. The Morgan fingerprint density at radius 3 is 1.89 bits per heavy atom. The predicted octanol–water partition coefficient (Wildman–Crippen LogP) is -1.47. The number of carbonyl (C=O) groups is 4. The molecule has 1 amide bonds. The first-order chi connectivity index (χ1) is 20.8. The molecule has 0 saturated heterocycles. The van der Waals surface area contributed by atoms with Gasteiger partial charge in [0.25, 0.3) is 7.82 Å². The Morgan fingerprint density at radius 1 is 0.809 bits per heavy atom. The lowest BCUT2D eigenvalue weighted by atomic mass is 10.2. The van der Waals surface area contributed by atoms with Crippen molar-refractivity contribution in [3.05, 3.63) is 0 Å². The molecule has 4 atom stereocenters. The van der Waals surface area contributed by atoms with E-state index in [9.17, 15) is 52.7 Å². The highest BCUT2D eigenvalue weighted by atomic mass is 31.2. The van der Waals surface area contributed by atoms with Gasteiger partial charge >= 0.3 is 11.9 Å². The molecule has 0 heterocycles. The molecule has 0 bridgehead atoms. The highest BCUT2D eigenvalue weighted by molar-refractivity contribution is 7.70. The highest BCUT2D eigenvalue weighted by Crippen LogP contribution is 2.65. The number of carbonyl (C=O) groups excluding carboxylic acids is 4. The van der Waals surface area contributed by atoms with Gasteiger partial charge in [-0.3, -0.25) is 23.7 Å². The molecule has 0 aliphatic rings. The molecule has 0 rings (SSSR count). The molecule has 4 unspecified atom stereocenters. The van der Waals surface area contributed by atoms with Crippen molar-refractivity contribution >= 4 is 46.6 Å². The Balaban J connectivity index is -0.00000968. The smallest absolute Gasteiger partial charge is 0.305 e. The van der Waals surface area contributed by atoms with Crippen LogP contribution in [0.3, 0.4) is 0 Å². The van der Waals surface area contributed by atoms with Gasteiger partial charge in [0.1, 0.15) is 19.8 Å². The number of ether oxygens (including phenoxy) is 4. The number of ketones is 1. The van der Waals surface area contributed by atoms with Gasteiger partial charge in [0, 0.05) is 25.8 Å². The maximum atomic E-state index is 11.9. The quantitative estimate of drug-likeness (QED) is 0.0334. The van der Waals surface area contributed by atoms with Gasteiger partial charge in [-0.25, -0.2) is 0 Å². The van der Waals surface area contributed by atoms with Gasteiger partial charge in [-0.2, -0.15) is 0 Å². The highest BCUT2D eigenvalue weighted by Gasteiger charge is 2.46. The fraction of sp³-hybridized carbons (Fsp3) is 0.818. The molecule has 47 heavy (non-hydrogen) atoms. The summed E-state index contributed by atoms with van der Waals surface area (Å²) in [5, 5.41) is 8.05. The molecule has 22 nitrogen and oxygen atoms in total.